The lowest BCUT2D eigenvalue weighted by atomic mass is 9.76. The Kier molecular flexibility index (Phi) is 6.66. The van der Waals surface area contributed by atoms with Crippen LogP contribution in [0.5, 0.6) is 0 Å². The van der Waals surface area contributed by atoms with Crippen LogP contribution in [0.25, 0.3) is 0 Å². The molecule has 6 nitrogen and oxygen atoms in total. The van der Waals surface area contributed by atoms with Crippen molar-refractivity contribution in [3.8, 4) is 0 Å². The molecule has 3 heterocycles. The Morgan fingerprint density at radius 3 is 2.63 bits per heavy atom. The molecule has 1 aromatic rings. The van der Waals surface area contributed by atoms with Gasteiger partial charge in [-0.2, -0.15) is 0 Å². The number of amides is 2. The Morgan fingerprint density at radius 1 is 1.20 bits per heavy atom. The fourth-order valence-electron chi connectivity index (χ4n) is 5.31. The Morgan fingerprint density at radius 2 is 1.93 bits per heavy atom. The summed E-state index contributed by atoms with van der Waals surface area (Å²) in [7, 11) is 0. The summed E-state index contributed by atoms with van der Waals surface area (Å²) in [5.41, 5.74) is 0.105. The van der Waals surface area contributed by atoms with Gasteiger partial charge in [0.15, 0.2) is 0 Å². The van der Waals surface area contributed by atoms with Gasteiger partial charge >= 0.3 is 0 Å². The molecule has 0 aliphatic carbocycles. The number of rotatable bonds is 7. The van der Waals surface area contributed by atoms with Crippen LogP contribution in [0, 0.1) is 0 Å². The molecule has 1 N–H and O–H groups in total. The van der Waals surface area contributed by atoms with E-state index in [2.05, 4.69) is 22.0 Å². The van der Waals surface area contributed by atoms with Gasteiger partial charge in [0.25, 0.3) is 0 Å². The predicted molar refractivity (Wildman–Crippen MR) is 119 cm³/mol. The van der Waals surface area contributed by atoms with Crippen LogP contribution in [0.4, 0.5) is 0 Å². The number of nitrogens with one attached hydrogen (secondary N) is 1. The van der Waals surface area contributed by atoms with Gasteiger partial charge in [-0.3, -0.25) is 9.59 Å². The molecular formula is C23H33ClN4O2. The molecule has 0 radical (unpaired) electrons. The van der Waals surface area contributed by atoms with E-state index in [1.807, 2.05) is 29.2 Å². The fourth-order valence-corrected chi connectivity index (χ4v) is 5.63. The highest BCUT2D eigenvalue weighted by Crippen LogP contribution is 2.45. The van der Waals surface area contributed by atoms with Gasteiger partial charge in [-0.25, -0.2) is 0 Å². The maximum absolute atomic E-state index is 13.5. The van der Waals surface area contributed by atoms with Crippen molar-refractivity contribution in [2.75, 3.05) is 52.4 Å². The van der Waals surface area contributed by atoms with Gasteiger partial charge in [0.05, 0.1) is 5.41 Å². The quantitative estimate of drug-likeness (QED) is 0.670. The molecule has 3 fully saturated rings. The molecular weight excluding hydrogens is 400 g/mol. The zero-order chi connectivity index (χ0) is 21.1. The van der Waals surface area contributed by atoms with Crippen LogP contribution in [-0.4, -0.2) is 84.9 Å². The van der Waals surface area contributed by atoms with Gasteiger partial charge in [-0.15, -0.1) is 0 Å². The van der Waals surface area contributed by atoms with Crippen molar-refractivity contribution in [3.63, 3.8) is 0 Å². The predicted octanol–water partition coefficient (Wildman–Crippen LogP) is 2.12. The topological polar surface area (TPSA) is 55.9 Å². The second kappa shape index (κ2) is 9.25. The molecule has 0 aromatic heterocycles. The number of carbonyl (C=O) groups excluding carboxylic acids is 2. The van der Waals surface area contributed by atoms with Crippen LogP contribution in [0.1, 0.15) is 38.2 Å². The SMILES string of the molecule is CCN1CCN(CCCNC(=O)[C@@]2(c3ccccc3Cl)C[C@@H]3CCC(=O)N3C2)CC1. The lowest BCUT2D eigenvalue weighted by Gasteiger charge is -2.34. The molecule has 2 amide bonds. The Labute approximate surface area is 184 Å². The van der Waals surface area contributed by atoms with E-state index in [0.29, 0.717) is 31.0 Å². The number of fused-ring (bicyclic) bond motifs is 1. The fraction of sp³-hybridized carbons (Fsp3) is 0.652. The van der Waals surface area contributed by atoms with Crippen LogP contribution in [0.2, 0.25) is 5.02 Å². The first-order valence-corrected chi connectivity index (χ1v) is 11.7. The number of halogens is 1. The van der Waals surface area contributed by atoms with Crippen molar-refractivity contribution in [2.45, 2.75) is 44.1 Å². The van der Waals surface area contributed by atoms with Gasteiger partial charge in [0.1, 0.15) is 0 Å². The third-order valence-corrected chi connectivity index (χ3v) is 7.48. The van der Waals surface area contributed by atoms with Crippen molar-refractivity contribution >= 4 is 23.4 Å². The van der Waals surface area contributed by atoms with Crippen molar-refractivity contribution in [1.82, 2.24) is 20.0 Å². The molecule has 164 valence electrons. The maximum atomic E-state index is 13.5. The second-order valence-electron chi connectivity index (χ2n) is 8.87. The van der Waals surface area contributed by atoms with Crippen LogP contribution < -0.4 is 5.32 Å². The third kappa shape index (κ3) is 4.23. The first kappa shape index (κ1) is 21.6. The number of carbonyl (C=O) groups is 2. The molecule has 0 saturated carbocycles. The largest absolute Gasteiger partial charge is 0.355 e. The summed E-state index contributed by atoms with van der Waals surface area (Å²) in [6.07, 6.45) is 3.02. The van der Waals surface area contributed by atoms with Gasteiger partial charge in [-0.1, -0.05) is 36.7 Å². The molecule has 3 saturated heterocycles. The average molecular weight is 433 g/mol. The van der Waals surface area contributed by atoms with Gasteiger partial charge in [0, 0.05) is 56.8 Å². The van der Waals surface area contributed by atoms with E-state index in [1.54, 1.807) is 0 Å². The smallest absolute Gasteiger partial charge is 0.232 e. The van der Waals surface area contributed by atoms with Crippen molar-refractivity contribution in [3.05, 3.63) is 34.9 Å². The number of benzene rings is 1. The molecule has 7 heteroatoms. The molecule has 3 aliphatic rings. The van der Waals surface area contributed by atoms with E-state index in [9.17, 15) is 9.59 Å². The monoisotopic (exact) mass is 432 g/mol. The molecule has 30 heavy (non-hydrogen) atoms. The summed E-state index contributed by atoms with van der Waals surface area (Å²) in [5, 5.41) is 3.79. The summed E-state index contributed by atoms with van der Waals surface area (Å²) in [5.74, 6) is 0.168. The second-order valence-corrected chi connectivity index (χ2v) is 9.27. The first-order chi connectivity index (χ1) is 14.5. The van der Waals surface area contributed by atoms with E-state index in [0.717, 1.165) is 57.7 Å². The summed E-state index contributed by atoms with van der Waals surface area (Å²) < 4.78 is 0. The lowest BCUT2D eigenvalue weighted by molar-refractivity contribution is -0.129. The summed E-state index contributed by atoms with van der Waals surface area (Å²) >= 11 is 6.52. The van der Waals surface area contributed by atoms with E-state index >= 15 is 0 Å². The highest BCUT2D eigenvalue weighted by atomic mass is 35.5. The summed E-state index contributed by atoms with van der Waals surface area (Å²) in [6, 6.07) is 7.75. The Bertz CT molecular complexity index is 780. The van der Waals surface area contributed by atoms with Crippen molar-refractivity contribution in [2.24, 2.45) is 0 Å². The van der Waals surface area contributed by atoms with Crippen LogP contribution in [-0.2, 0) is 15.0 Å². The number of piperazine rings is 1. The third-order valence-electron chi connectivity index (χ3n) is 7.15. The molecule has 4 rings (SSSR count). The van der Waals surface area contributed by atoms with E-state index in [4.69, 9.17) is 11.6 Å². The lowest BCUT2D eigenvalue weighted by Crippen LogP contribution is -2.48. The van der Waals surface area contributed by atoms with E-state index in [1.165, 1.54) is 0 Å². The number of hydrogen-bond donors (Lipinski definition) is 1. The van der Waals surface area contributed by atoms with Crippen molar-refractivity contribution < 1.29 is 9.59 Å². The first-order valence-electron chi connectivity index (χ1n) is 11.3. The van der Waals surface area contributed by atoms with Crippen molar-refractivity contribution in [1.29, 1.82) is 0 Å². The molecule has 3 aliphatic heterocycles. The highest BCUT2D eigenvalue weighted by molar-refractivity contribution is 6.31. The Hall–Kier alpha value is -1.63. The Balaban J connectivity index is 1.38. The minimum atomic E-state index is -0.744. The minimum Gasteiger partial charge on any atom is -0.355 e. The summed E-state index contributed by atoms with van der Waals surface area (Å²) in [6.45, 7) is 9.88. The number of hydrogen-bond acceptors (Lipinski definition) is 4. The standard InChI is InChI=1S/C23H33ClN4O2/c1-2-26-12-14-27(15-13-26)11-5-10-25-22(30)23(19-6-3-4-7-20(19)24)16-18-8-9-21(29)28(18)17-23/h3-4,6-7,18H,2,5,8-17H2,1H3,(H,25,30)/t18-,23-/m0/s1. The summed E-state index contributed by atoms with van der Waals surface area (Å²) in [4.78, 5) is 32.6. The normalized spacial score (nSPS) is 27.5. The van der Waals surface area contributed by atoms with Crippen LogP contribution in [0.15, 0.2) is 24.3 Å². The maximum Gasteiger partial charge on any atom is 0.232 e. The van der Waals surface area contributed by atoms with Gasteiger partial charge in [-0.05, 0) is 44.0 Å². The molecule has 0 bridgehead atoms. The molecule has 0 spiro atoms. The minimum absolute atomic E-state index is 0.00797. The average Bonchev–Trinajstić information content (AvgIpc) is 3.31. The number of nitrogens with zero attached hydrogens (tertiary/aromatic N) is 3. The number of likely N-dealkylation sites (N-methyl/N-ethyl adjacent to an activating group) is 1. The van der Waals surface area contributed by atoms with Gasteiger partial charge in [0.2, 0.25) is 11.8 Å². The zero-order valence-corrected chi connectivity index (χ0v) is 18.7. The molecule has 0 unspecified atom stereocenters. The van der Waals surface area contributed by atoms with E-state index < -0.39 is 5.41 Å². The molecule has 2 atom stereocenters. The van der Waals surface area contributed by atoms with E-state index in [-0.39, 0.29) is 17.9 Å². The zero-order valence-electron chi connectivity index (χ0n) is 17.9. The van der Waals surface area contributed by atoms with Crippen LogP contribution >= 0.6 is 11.6 Å². The van der Waals surface area contributed by atoms with Gasteiger partial charge < -0.3 is 20.0 Å². The van der Waals surface area contributed by atoms with Crippen LogP contribution in [0.3, 0.4) is 0 Å². The molecule has 1 aromatic carbocycles. The highest BCUT2D eigenvalue weighted by Gasteiger charge is 2.54.